The molecule has 17 heavy (non-hydrogen) atoms. The summed E-state index contributed by atoms with van der Waals surface area (Å²) in [6.45, 7) is 0. The fraction of sp³-hybridized carbons (Fsp3) is 0.0833. The quantitative estimate of drug-likeness (QED) is 0.826. The molecule has 0 saturated heterocycles. The third-order valence-corrected chi connectivity index (χ3v) is 2.21. The van der Waals surface area contributed by atoms with E-state index < -0.39 is 17.6 Å². The van der Waals surface area contributed by atoms with Crippen LogP contribution in [0.1, 0.15) is 5.69 Å². The van der Waals surface area contributed by atoms with Crippen LogP contribution in [-0.2, 0) is 6.18 Å². The number of aromatic nitrogens is 1. The van der Waals surface area contributed by atoms with Crippen LogP contribution in [0.25, 0.3) is 11.3 Å². The summed E-state index contributed by atoms with van der Waals surface area (Å²) in [5.41, 5.74) is -0.521. The monoisotopic (exact) mass is 239 g/mol. The zero-order chi connectivity index (χ0) is 12.5. The molecule has 0 saturated carbocycles. The van der Waals surface area contributed by atoms with Crippen LogP contribution in [0.3, 0.4) is 0 Å². The van der Waals surface area contributed by atoms with Gasteiger partial charge in [-0.2, -0.15) is 13.2 Å². The molecule has 0 fully saturated rings. The van der Waals surface area contributed by atoms with Gasteiger partial charge in [0.2, 0.25) is 0 Å². The van der Waals surface area contributed by atoms with Crippen LogP contribution in [-0.4, -0.2) is 10.1 Å². The molecular formula is C12H8F3NO. The molecule has 5 heteroatoms. The zero-order valence-corrected chi connectivity index (χ0v) is 8.57. The predicted molar refractivity (Wildman–Crippen MR) is 56.3 cm³/mol. The van der Waals surface area contributed by atoms with Gasteiger partial charge in [0.05, 0.1) is 5.69 Å². The second-order valence-corrected chi connectivity index (χ2v) is 3.43. The van der Waals surface area contributed by atoms with Gasteiger partial charge < -0.3 is 5.11 Å². The Kier molecular flexibility index (Phi) is 2.75. The number of nitrogens with zero attached hydrogens (tertiary/aromatic N) is 1. The van der Waals surface area contributed by atoms with Crippen molar-refractivity contribution < 1.29 is 18.3 Å². The Morgan fingerprint density at radius 2 is 1.59 bits per heavy atom. The Morgan fingerprint density at radius 1 is 0.941 bits per heavy atom. The molecule has 1 aromatic heterocycles. The van der Waals surface area contributed by atoms with Crippen molar-refractivity contribution in [3.8, 4) is 17.0 Å². The van der Waals surface area contributed by atoms with Gasteiger partial charge >= 0.3 is 6.18 Å². The van der Waals surface area contributed by atoms with Gasteiger partial charge in [0, 0.05) is 5.56 Å². The molecule has 2 nitrogen and oxygen atoms in total. The summed E-state index contributed by atoms with van der Waals surface area (Å²) in [5, 5.41) is 9.13. The predicted octanol–water partition coefficient (Wildman–Crippen LogP) is 3.47. The van der Waals surface area contributed by atoms with Gasteiger partial charge in [-0.15, -0.1) is 0 Å². The number of benzene rings is 1. The molecule has 0 radical (unpaired) electrons. The third-order valence-electron chi connectivity index (χ3n) is 2.21. The van der Waals surface area contributed by atoms with E-state index in [1.54, 1.807) is 30.3 Å². The standard InChI is InChI=1S/C12H8F3NO/c13-12(14,15)11-10(17)7-6-9(16-11)8-4-2-1-3-5-8/h1-7,17H. The molecule has 0 spiro atoms. The molecular weight excluding hydrogens is 231 g/mol. The molecule has 0 unspecified atom stereocenters. The highest BCUT2D eigenvalue weighted by Crippen LogP contribution is 2.35. The second kappa shape index (κ2) is 4.08. The van der Waals surface area contributed by atoms with E-state index in [4.69, 9.17) is 5.11 Å². The number of rotatable bonds is 1. The van der Waals surface area contributed by atoms with E-state index in [-0.39, 0.29) is 5.69 Å². The molecule has 88 valence electrons. The maximum atomic E-state index is 12.5. The fourth-order valence-corrected chi connectivity index (χ4v) is 1.43. The van der Waals surface area contributed by atoms with E-state index in [9.17, 15) is 13.2 Å². The smallest absolute Gasteiger partial charge is 0.437 e. The van der Waals surface area contributed by atoms with Crippen molar-refractivity contribution in [3.05, 3.63) is 48.2 Å². The molecule has 2 rings (SSSR count). The zero-order valence-electron chi connectivity index (χ0n) is 8.57. The van der Waals surface area contributed by atoms with Crippen molar-refractivity contribution in [2.24, 2.45) is 0 Å². The van der Waals surface area contributed by atoms with Gasteiger partial charge in [0.1, 0.15) is 5.75 Å². The summed E-state index contributed by atoms with van der Waals surface area (Å²) in [7, 11) is 0. The summed E-state index contributed by atoms with van der Waals surface area (Å²) in [6.07, 6.45) is -4.66. The fourth-order valence-electron chi connectivity index (χ4n) is 1.43. The summed E-state index contributed by atoms with van der Waals surface area (Å²) in [5.74, 6) is -0.864. The van der Waals surface area contributed by atoms with Crippen LogP contribution in [0.15, 0.2) is 42.5 Å². The molecule has 1 N–H and O–H groups in total. The number of pyridine rings is 1. The Balaban J connectivity index is 2.53. The molecule has 0 aliphatic rings. The molecule has 1 aromatic carbocycles. The molecule has 0 aliphatic carbocycles. The first-order chi connectivity index (χ1) is 7.98. The minimum atomic E-state index is -4.66. The van der Waals surface area contributed by atoms with Crippen LogP contribution in [0.4, 0.5) is 13.2 Å². The maximum Gasteiger partial charge on any atom is 0.437 e. The first-order valence-corrected chi connectivity index (χ1v) is 4.81. The number of alkyl halides is 3. The van der Waals surface area contributed by atoms with E-state index in [0.717, 1.165) is 6.07 Å². The molecule has 0 atom stereocenters. The molecule has 0 amide bonds. The van der Waals surface area contributed by atoms with Crippen LogP contribution in [0.5, 0.6) is 5.75 Å². The topological polar surface area (TPSA) is 33.1 Å². The SMILES string of the molecule is Oc1ccc(-c2ccccc2)nc1C(F)(F)F. The number of aromatic hydroxyl groups is 1. The Labute approximate surface area is 95.4 Å². The van der Waals surface area contributed by atoms with Crippen LogP contribution in [0.2, 0.25) is 0 Å². The number of halogens is 3. The van der Waals surface area contributed by atoms with Gasteiger partial charge in [0.25, 0.3) is 0 Å². The normalized spacial score (nSPS) is 11.5. The van der Waals surface area contributed by atoms with Gasteiger partial charge in [-0.1, -0.05) is 30.3 Å². The molecule has 0 aliphatic heterocycles. The highest BCUT2D eigenvalue weighted by Gasteiger charge is 2.36. The summed E-state index contributed by atoms with van der Waals surface area (Å²) in [6, 6.07) is 10.8. The third kappa shape index (κ3) is 2.38. The molecule has 0 bridgehead atoms. The van der Waals surface area contributed by atoms with Crippen molar-refractivity contribution in [1.82, 2.24) is 4.98 Å². The lowest BCUT2D eigenvalue weighted by atomic mass is 10.1. The highest BCUT2D eigenvalue weighted by atomic mass is 19.4. The van der Waals surface area contributed by atoms with Crippen molar-refractivity contribution in [2.45, 2.75) is 6.18 Å². The summed E-state index contributed by atoms with van der Waals surface area (Å²) < 4.78 is 37.6. The summed E-state index contributed by atoms with van der Waals surface area (Å²) >= 11 is 0. The lowest BCUT2D eigenvalue weighted by Gasteiger charge is -2.09. The highest BCUT2D eigenvalue weighted by molar-refractivity contribution is 5.60. The van der Waals surface area contributed by atoms with Crippen LogP contribution < -0.4 is 0 Å². The van der Waals surface area contributed by atoms with Crippen molar-refractivity contribution >= 4 is 0 Å². The average Bonchev–Trinajstić information content (AvgIpc) is 2.29. The van der Waals surface area contributed by atoms with Crippen molar-refractivity contribution in [2.75, 3.05) is 0 Å². The average molecular weight is 239 g/mol. The van der Waals surface area contributed by atoms with E-state index in [0.29, 0.717) is 5.56 Å². The lowest BCUT2D eigenvalue weighted by molar-refractivity contribution is -0.142. The Hall–Kier alpha value is -2.04. The van der Waals surface area contributed by atoms with Gasteiger partial charge in [-0.25, -0.2) is 4.98 Å². The van der Waals surface area contributed by atoms with Gasteiger partial charge in [0.15, 0.2) is 5.69 Å². The maximum absolute atomic E-state index is 12.5. The first kappa shape index (κ1) is 11.4. The van der Waals surface area contributed by atoms with E-state index in [2.05, 4.69) is 4.98 Å². The largest absolute Gasteiger partial charge is 0.506 e. The van der Waals surface area contributed by atoms with Gasteiger partial charge in [-0.05, 0) is 12.1 Å². The first-order valence-electron chi connectivity index (χ1n) is 4.81. The van der Waals surface area contributed by atoms with Crippen molar-refractivity contribution in [1.29, 1.82) is 0 Å². The Bertz CT molecular complexity index is 523. The number of hydrogen-bond donors (Lipinski definition) is 1. The Morgan fingerprint density at radius 3 is 2.18 bits per heavy atom. The minimum absolute atomic E-state index is 0.177. The lowest BCUT2D eigenvalue weighted by Crippen LogP contribution is -2.08. The molecule has 2 aromatic rings. The molecule has 1 heterocycles. The minimum Gasteiger partial charge on any atom is -0.506 e. The van der Waals surface area contributed by atoms with E-state index in [1.807, 2.05) is 0 Å². The summed E-state index contributed by atoms with van der Waals surface area (Å²) in [4.78, 5) is 3.44. The second-order valence-electron chi connectivity index (χ2n) is 3.43. The van der Waals surface area contributed by atoms with Gasteiger partial charge in [-0.3, -0.25) is 0 Å². The number of hydrogen-bond acceptors (Lipinski definition) is 2. The van der Waals surface area contributed by atoms with E-state index >= 15 is 0 Å². The van der Waals surface area contributed by atoms with Crippen LogP contribution in [0, 0.1) is 0 Å². The van der Waals surface area contributed by atoms with E-state index in [1.165, 1.54) is 6.07 Å². The van der Waals surface area contributed by atoms with Crippen LogP contribution >= 0.6 is 0 Å². The van der Waals surface area contributed by atoms with Crippen molar-refractivity contribution in [3.63, 3.8) is 0 Å².